The summed E-state index contributed by atoms with van der Waals surface area (Å²) < 4.78 is 0. The maximum Gasteiger partial charge on any atom is 0.211 e. The van der Waals surface area contributed by atoms with Crippen LogP contribution in [0.4, 0.5) is 5.69 Å². The van der Waals surface area contributed by atoms with Crippen LogP contribution in [0.3, 0.4) is 0 Å². The van der Waals surface area contributed by atoms with E-state index in [9.17, 15) is 0 Å². The molecule has 132 valence electrons. The second-order valence-electron chi connectivity index (χ2n) is 6.04. The zero-order chi connectivity index (χ0) is 17.7. The van der Waals surface area contributed by atoms with Crippen molar-refractivity contribution in [3.05, 3.63) is 40.6 Å². The van der Waals surface area contributed by atoms with Gasteiger partial charge in [-0.1, -0.05) is 31.0 Å². The lowest BCUT2D eigenvalue weighted by Gasteiger charge is -2.36. The minimum Gasteiger partial charge on any atom is -0.398 e. The summed E-state index contributed by atoms with van der Waals surface area (Å²) in [5.74, 6) is -0.130. The van der Waals surface area contributed by atoms with Crippen LogP contribution >= 0.6 is 11.6 Å². The molecule has 0 saturated carbocycles. The number of hydrogen-bond acceptors (Lipinski definition) is 5. The van der Waals surface area contributed by atoms with Gasteiger partial charge in [0, 0.05) is 24.4 Å². The van der Waals surface area contributed by atoms with Gasteiger partial charge in [0.1, 0.15) is 5.84 Å². The van der Waals surface area contributed by atoms with Gasteiger partial charge in [-0.25, -0.2) is 4.99 Å². The van der Waals surface area contributed by atoms with Crippen LogP contribution in [0, 0.1) is 0 Å². The van der Waals surface area contributed by atoms with E-state index >= 15 is 0 Å². The van der Waals surface area contributed by atoms with Crippen LogP contribution in [-0.2, 0) is 5.79 Å². The summed E-state index contributed by atoms with van der Waals surface area (Å²) in [6, 6.07) is 5.43. The number of nitrogens with two attached hydrogens (primary N) is 2. The van der Waals surface area contributed by atoms with E-state index in [1.165, 1.54) is 0 Å². The number of halogens is 1. The molecule has 24 heavy (non-hydrogen) atoms. The minimum absolute atomic E-state index is 0.505. The number of likely N-dealkylation sites (N-methyl/N-ethyl adjacent to an activating group) is 1. The fourth-order valence-corrected chi connectivity index (χ4v) is 2.92. The second kappa shape index (κ2) is 7.90. The van der Waals surface area contributed by atoms with Gasteiger partial charge in [0.15, 0.2) is 0 Å². The molecule has 1 aliphatic rings. The van der Waals surface area contributed by atoms with Gasteiger partial charge >= 0.3 is 0 Å². The van der Waals surface area contributed by atoms with Crippen LogP contribution < -0.4 is 16.8 Å². The number of hydrogen-bond donors (Lipinski definition) is 3. The Hall–Kier alpha value is -1.72. The lowest BCUT2D eigenvalue weighted by Crippen LogP contribution is -2.52. The average Bonchev–Trinajstić information content (AvgIpc) is 2.56. The van der Waals surface area contributed by atoms with Crippen molar-refractivity contribution in [3.63, 3.8) is 0 Å². The quantitative estimate of drug-likeness (QED) is 0.687. The van der Waals surface area contributed by atoms with Gasteiger partial charge in [-0.3, -0.25) is 5.73 Å². The number of amidine groups is 1. The first kappa shape index (κ1) is 18.6. The molecule has 0 amide bonds. The molecule has 1 aromatic carbocycles. The molecule has 1 unspecified atom stereocenters. The fourth-order valence-electron chi connectivity index (χ4n) is 2.81. The van der Waals surface area contributed by atoms with Gasteiger partial charge < -0.3 is 16.0 Å². The lowest BCUT2D eigenvalue weighted by atomic mass is 10.0. The van der Waals surface area contributed by atoms with E-state index in [-0.39, 0.29) is 0 Å². The first-order valence-corrected chi connectivity index (χ1v) is 8.99. The summed E-state index contributed by atoms with van der Waals surface area (Å²) in [5, 5.41) is 3.91. The van der Waals surface area contributed by atoms with E-state index in [0.29, 0.717) is 10.7 Å². The largest absolute Gasteiger partial charge is 0.398 e. The van der Waals surface area contributed by atoms with E-state index in [0.717, 1.165) is 49.4 Å². The van der Waals surface area contributed by atoms with Gasteiger partial charge in [0.05, 0.1) is 10.7 Å². The molecule has 6 heteroatoms. The predicted molar refractivity (Wildman–Crippen MR) is 103 cm³/mol. The Labute approximate surface area is 149 Å². The summed E-state index contributed by atoms with van der Waals surface area (Å²) in [5.41, 5.74) is 15.0. The van der Waals surface area contributed by atoms with Crippen LogP contribution in [0.5, 0.6) is 0 Å². The van der Waals surface area contributed by atoms with Crippen molar-refractivity contribution in [3.8, 4) is 0 Å². The van der Waals surface area contributed by atoms with Crippen LogP contribution in [0.1, 0.15) is 45.6 Å². The highest BCUT2D eigenvalue weighted by molar-refractivity contribution is 6.33. The standard InChI is InChI=1S/C18H28ClN5/c1-4-7-8-14-12-17(24(5-2)6-3)23-18(21,22-14)13-9-10-15(19)16(20)11-13/h9-12,22H,4-8,20-21H2,1-3H3. The molecule has 0 aliphatic carbocycles. The Morgan fingerprint density at radius 2 is 1.96 bits per heavy atom. The van der Waals surface area contributed by atoms with Gasteiger partial charge in [-0.05, 0) is 44.9 Å². The molecule has 0 spiro atoms. The first-order valence-electron chi connectivity index (χ1n) is 8.61. The molecule has 1 aliphatic heterocycles. The number of nitrogens with zero attached hydrogens (tertiary/aromatic N) is 2. The van der Waals surface area contributed by atoms with Crippen molar-refractivity contribution in [1.82, 2.24) is 10.2 Å². The number of nitrogens with one attached hydrogen (secondary N) is 1. The van der Waals surface area contributed by atoms with Crippen LogP contribution in [0.2, 0.25) is 5.02 Å². The van der Waals surface area contributed by atoms with Crippen molar-refractivity contribution in [2.24, 2.45) is 10.7 Å². The Morgan fingerprint density at radius 1 is 1.25 bits per heavy atom. The molecule has 0 fully saturated rings. The topological polar surface area (TPSA) is 79.7 Å². The summed E-state index contributed by atoms with van der Waals surface area (Å²) in [7, 11) is 0. The van der Waals surface area contributed by atoms with Crippen LogP contribution in [-0.4, -0.2) is 23.8 Å². The molecule has 1 aromatic rings. The summed E-state index contributed by atoms with van der Waals surface area (Å²) in [6.07, 6.45) is 5.28. The molecular weight excluding hydrogens is 322 g/mol. The van der Waals surface area contributed by atoms with Gasteiger partial charge in [-0.2, -0.15) is 0 Å². The number of benzene rings is 1. The number of aliphatic imine (C=N–C) groups is 1. The smallest absolute Gasteiger partial charge is 0.211 e. The van der Waals surface area contributed by atoms with E-state index in [4.69, 9.17) is 28.1 Å². The van der Waals surface area contributed by atoms with Gasteiger partial charge in [0.25, 0.3) is 0 Å². The minimum atomic E-state index is -1.03. The Bertz CT molecular complexity index is 636. The first-order chi connectivity index (χ1) is 11.4. The number of anilines is 1. The van der Waals surface area contributed by atoms with Gasteiger partial charge in [-0.15, -0.1) is 0 Å². The molecule has 5 nitrogen and oxygen atoms in total. The third kappa shape index (κ3) is 4.02. The van der Waals surface area contributed by atoms with E-state index in [2.05, 4.69) is 37.1 Å². The Balaban J connectivity index is 2.43. The molecule has 1 heterocycles. The number of allylic oxidation sites excluding steroid dienone is 1. The van der Waals surface area contributed by atoms with Crippen LogP contribution in [0.25, 0.3) is 0 Å². The van der Waals surface area contributed by atoms with Crippen LogP contribution in [0.15, 0.2) is 35.0 Å². The maximum atomic E-state index is 6.63. The van der Waals surface area contributed by atoms with E-state index in [1.54, 1.807) is 12.1 Å². The molecular formula is C18H28ClN5. The van der Waals surface area contributed by atoms with Crippen molar-refractivity contribution >= 4 is 23.1 Å². The predicted octanol–water partition coefficient (Wildman–Crippen LogP) is 3.41. The average molecular weight is 350 g/mol. The Kier molecular flexibility index (Phi) is 6.13. The number of nitrogen functional groups attached to an aromatic ring is 1. The lowest BCUT2D eigenvalue weighted by molar-refractivity contribution is 0.366. The number of rotatable bonds is 6. The SMILES string of the molecule is CCCCC1=CC(N(CC)CC)=NC(N)(c2ccc(Cl)c(N)c2)N1. The highest BCUT2D eigenvalue weighted by atomic mass is 35.5. The summed E-state index contributed by atoms with van der Waals surface area (Å²) in [4.78, 5) is 6.99. The zero-order valence-corrected chi connectivity index (χ0v) is 15.5. The molecule has 0 aromatic heterocycles. The third-order valence-electron chi connectivity index (χ3n) is 4.27. The molecule has 0 bridgehead atoms. The Morgan fingerprint density at radius 3 is 2.54 bits per heavy atom. The molecule has 5 N–H and O–H groups in total. The summed E-state index contributed by atoms with van der Waals surface area (Å²) >= 11 is 6.04. The maximum absolute atomic E-state index is 6.63. The fraction of sp³-hybridized carbons (Fsp3) is 0.500. The third-order valence-corrected chi connectivity index (χ3v) is 4.61. The molecule has 2 rings (SSSR count). The van der Waals surface area contributed by atoms with E-state index < -0.39 is 5.79 Å². The van der Waals surface area contributed by atoms with Gasteiger partial charge in [0.2, 0.25) is 5.79 Å². The zero-order valence-electron chi connectivity index (χ0n) is 14.8. The highest BCUT2D eigenvalue weighted by Gasteiger charge is 2.32. The van der Waals surface area contributed by atoms with E-state index in [1.807, 2.05) is 6.07 Å². The summed E-state index contributed by atoms with van der Waals surface area (Å²) in [6.45, 7) is 8.17. The molecule has 1 atom stereocenters. The number of unbranched alkanes of at least 4 members (excludes halogenated alkanes) is 1. The van der Waals surface area contributed by atoms with Crippen molar-refractivity contribution in [2.75, 3.05) is 18.8 Å². The molecule has 0 saturated heterocycles. The normalized spacial score (nSPS) is 20.2. The van der Waals surface area contributed by atoms with Crippen molar-refractivity contribution in [1.29, 1.82) is 0 Å². The van der Waals surface area contributed by atoms with Crippen molar-refractivity contribution in [2.45, 2.75) is 45.8 Å². The highest BCUT2D eigenvalue weighted by Crippen LogP contribution is 2.29. The van der Waals surface area contributed by atoms with Crippen molar-refractivity contribution < 1.29 is 0 Å². The monoisotopic (exact) mass is 349 g/mol. The molecule has 0 radical (unpaired) electrons. The second-order valence-corrected chi connectivity index (χ2v) is 6.45.